The van der Waals surface area contributed by atoms with E-state index in [0.29, 0.717) is 19.7 Å². The summed E-state index contributed by atoms with van der Waals surface area (Å²) in [6.07, 6.45) is 1.96. The van der Waals surface area contributed by atoms with Crippen molar-refractivity contribution in [3.63, 3.8) is 0 Å². The molecule has 1 aliphatic heterocycles. The molecule has 21 heavy (non-hydrogen) atoms. The summed E-state index contributed by atoms with van der Waals surface area (Å²) >= 11 is 0. The second-order valence-electron chi connectivity index (χ2n) is 5.36. The van der Waals surface area contributed by atoms with E-state index in [1.54, 1.807) is 18.2 Å². The second kappa shape index (κ2) is 7.17. The minimum Gasteiger partial charge on any atom is -0.383 e. The number of rotatable bonds is 6. The molecule has 2 rings (SSSR count). The van der Waals surface area contributed by atoms with E-state index in [2.05, 4.69) is 10.3 Å². The smallest absolute Gasteiger partial charge is 0.225 e. The molecule has 0 unspecified atom stereocenters. The minimum absolute atomic E-state index is 0.000183. The Kier molecular flexibility index (Phi) is 5.27. The number of hydrogen-bond donors (Lipinski definition) is 1. The lowest BCUT2D eigenvalue weighted by atomic mass is 10.1. The predicted octanol–water partition coefficient (Wildman–Crippen LogP) is 0.581. The van der Waals surface area contributed by atoms with Crippen molar-refractivity contribution >= 4 is 11.8 Å². The number of hydrogen-bond acceptors (Lipinski definition) is 4. The summed E-state index contributed by atoms with van der Waals surface area (Å²) in [4.78, 5) is 30.0. The first-order valence-electron chi connectivity index (χ1n) is 7.07. The lowest BCUT2D eigenvalue weighted by molar-refractivity contribution is -0.129. The number of methoxy groups -OCH3 is 1. The van der Waals surface area contributed by atoms with Crippen molar-refractivity contribution in [3.05, 3.63) is 30.1 Å². The lowest BCUT2D eigenvalue weighted by Gasteiger charge is -2.17. The van der Waals surface area contributed by atoms with Crippen LogP contribution in [0.3, 0.4) is 0 Å². The van der Waals surface area contributed by atoms with E-state index in [4.69, 9.17) is 4.74 Å². The van der Waals surface area contributed by atoms with Gasteiger partial charge in [-0.25, -0.2) is 0 Å². The number of carbonyl (C=O) groups is 2. The molecule has 1 fully saturated rings. The molecule has 2 atom stereocenters. The summed E-state index contributed by atoms with van der Waals surface area (Å²) < 4.78 is 4.99. The predicted molar refractivity (Wildman–Crippen MR) is 77.2 cm³/mol. The maximum absolute atomic E-state index is 12.1. The zero-order valence-corrected chi connectivity index (χ0v) is 12.4. The van der Waals surface area contributed by atoms with Crippen LogP contribution in [0, 0.1) is 5.92 Å². The average Bonchev–Trinajstić information content (AvgIpc) is 2.82. The van der Waals surface area contributed by atoms with Gasteiger partial charge in [-0.3, -0.25) is 14.6 Å². The number of carbonyl (C=O) groups excluding carboxylic acids is 2. The van der Waals surface area contributed by atoms with Crippen LogP contribution >= 0.6 is 0 Å². The number of aromatic nitrogens is 1. The summed E-state index contributed by atoms with van der Waals surface area (Å²) in [5, 5.41) is 2.87. The molecule has 0 spiro atoms. The van der Waals surface area contributed by atoms with E-state index >= 15 is 0 Å². The summed E-state index contributed by atoms with van der Waals surface area (Å²) in [5.41, 5.74) is 0.833. The molecule has 0 radical (unpaired) electrons. The van der Waals surface area contributed by atoms with Gasteiger partial charge >= 0.3 is 0 Å². The first kappa shape index (κ1) is 15.4. The van der Waals surface area contributed by atoms with Crippen LogP contribution in [0.25, 0.3) is 0 Å². The number of likely N-dealkylation sites (tertiary alicyclic amines) is 1. The van der Waals surface area contributed by atoms with Gasteiger partial charge in [-0.2, -0.15) is 0 Å². The lowest BCUT2D eigenvalue weighted by Crippen LogP contribution is -2.40. The Balaban J connectivity index is 1.88. The van der Waals surface area contributed by atoms with Crippen molar-refractivity contribution in [3.8, 4) is 0 Å². The van der Waals surface area contributed by atoms with E-state index in [0.717, 1.165) is 5.69 Å². The van der Waals surface area contributed by atoms with Gasteiger partial charge in [0.05, 0.1) is 24.8 Å². The Morgan fingerprint density at radius 3 is 3.05 bits per heavy atom. The fourth-order valence-corrected chi connectivity index (χ4v) is 2.44. The first-order valence-corrected chi connectivity index (χ1v) is 7.07. The molecule has 114 valence electrons. The van der Waals surface area contributed by atoms with E-state index in [-0.39, 0.29) is 30.2 Å². The number of amides is 2. The largest absolute Gasteiger partial charge is 0.383 e. The van der Waals surface area contributed by atoms with Crippen LogP contribution in [0.1, 0.15) is 19.0 Å². The molecule has 0 bridgehead atoms. The third-order valence-electron chi connectivity index (χ3n) is 3.47. The average molecular weight is 291 g/mol. The van der Waals surface area contributed by atoms with Crippen LogP contribution in [-0.4, -0.2) is 48.0 Å². The Morgan fingerprint density at radius 1 is 1.57 bits per heavy atom. The van der Waals surface area contributed by atoms with E-state index in [1.165, 1.54) is 0 Å². The topological polar surface area (TPSA) is 71.5 Å². The standard InChI is InChI=1S/C15H21N3O3/c1-11(10-21-2)17-15(20)12-7-14(19)18(8-12)9-13-5-3-4-6-16-13/h3-6,11-12H,7-10H2,1-2H3,(H,17,20)/t11-,12-/m1/s1. The third kappa shape index (κ3) is 4.26. The van der Waals surface area contributed by atoms with E-state index < -0.39 is 0 Å². The molecule has 2 amide bonds. The summed E-state index contributed by atoms with van der Waals surface area (Å²) in [6, 6.07) is 5.55. The van der Waals surface area contributed by atoms with Crippen LogP contribution in [0.15, 0.2) is 24.4 Å². The molecule has 6 nitrogen and oxygen atoms in total. The highest BCUT2D eigenvalue weighted by molar-refractivity contribution is 5.89. The van der Waals surface area contributed by atoms with Gasteiger partial charge in [-0.1, -0.05) is 6.07 Å². The Labute approximate surface area is 124 Å². The highest BCUT2D eigenvalue weighted by atomic mass is 16.5. The first-order chi connectivity index (χ1) is 10.1. The van der Waals surface area contributed by atoms with Crippen molar-refractivity contribution < 1.29 is 14.3 Å². The highest BCUT2D eigenvalue weighted by Crippen LogP contribution is 2.20. The molecular weight excluding hydrogens is 270 g/mol. The van der Waals surface area contributed by atoms with Crippen molar-refractivity contribution in [1.29, 1.82) is 0 Å². The molecule has 6 heteroatoms. The fraction of sp³-hybridized carbons (Fsp3) is 0.533. The highest BCUT2D eigenvalue weighted by Gasteiger charge is 2.34. The molecular formula is C15H21N3O3. The summed E-state index contributed by atoms with van der Waals surface area (Å²) in [6.45, 7) is 3.24. The SMILES string of the molecule is COC[C@@H](C)NC(=O)[C@@H]1CC(=O)N(Cc2ccccn2)C1. The van der Waals surface area contributed by atoms with Crippen LogP contribution in [0.4, 0.5) is 0 Å². The van der Waals surface area contributed by atoms with Crippen molar-refractivity contribution in [2.45, 2.75) is 25.9 Å². The normalized spacial score (nSPS) is 19.6. The Hall–Kier alpha value is -1.95. The van der Waals surface area contributed by atoms with Gasteiger partial charge in [0.2, 0.25) is 11.8 Å². The van der Waals surface area contributed by atoms with Gasteiger partial charge in [0.1, 0.15) is 0 Å². The van der Waals surface area contributed by atoms with Crippen LogP contribution in [0.2, 0.25) is 0 Å². The van der Waals surface area contributed by atoms with Crippen molar-refractivity contribution in [2.24, 2.45) is 5.92 Å². The molecule has 0 aromatic carbocycles. The van der Waals surface area contributed by atoms with Gasteiger partial charge in [0.15, 0.2) is 0 Å². The molecule has 0 saturated carbocycles. The van der Waals surface area contributed by atoms with Gasteiger partial charge in [0.25, 0.3) is 0 Å². The monoisotopic (exact) mass is 291 g/mol. The fourth-order valence-electron chi connectivity index (χ4n) is 2.44. The van der Waals surface area contributed by atoms with E-state index in [1.807, 2.05) is 25.1 Å². The number of nitrogens with one attached hydrogen (secondary N) is 1. The molecule has 1 saturated heterocycles. The van der Waals surface area contributed by atoms with Crippen molar-refractivity contribution in [2.75, 3.05) is 20.3 Å². The Morgan fingerprint density at radius 2 is 2.38 bits per heavy atom. The van der Waals surface area contributed by atoms with Gasteiger partial charge in [-0.05, 0) is 19.1 Å². The van der Waals surface area contributed by atoms with Gasteiger partial charge < -0.3 is 15.0 Å². The van der Waals surface area contributed by atoms with Gasteiger partial charge in [-0.15, -0.1) is 0 Å². The molecule has 1 aromatic rings. The minimum atomic E-state index is -0.291. The quantitative estimate of drug-likeness (QED) is 0.832. The van der Waals surface area contributed by atoms with Crippen LogP contribution in [-0.2, 0) is 20.9 Å². The molecule has 0 aliphatic carbocycles. The maximum atomic E-state index is 12.1. The number of ether oxygens (including phenoxy) is 1. The summed E-state index contributed by atoms with van der Waals surface area (Å²) in [7, 11) is 1.59. The van der Waals surface area contributed by atoms with Crippen LogP contribution < -0.4 is 5.32 Å². The zero-order valence-electron chi connectivity index (χ0n) is 12.4. The molecule has 2 heterocycles. The second-order valence-corrected chi connectivity index (χ2v) is 5.36. The zero-order chi connectivity index (χ0) is 15.2. The van der Waals surface area contributed by atoms with Crippen molar-refractivity contribution in [1.82, 2.24) is 15.2 Å². The third-order valence-corrected chi connectivity index (χ3v) is 3.47. The van der Waals surface area contributed by atoms with Crippen LogP contribution in [0.5, 0.6) is 0 Å². The maximum Gasteiger partial charge on any atom is 0.225 e. The molecule has 1 aromatic heterocycles. The molecule has 1 aliphatic rings. The Bertz CT molecular complexity index is 492. The number of pyridine rings is 1. The molecule has 1 N–H and O–H groups in total. The van der Waals surface area contributed by atoms with E-state index in [9.17, 15) is 9.59 Å². The number of nitrogens with zero attached hydrogens (tertiary/aromatic N) is 2. The summed E-state index contributed by atoms with van der Waals surface area (Å²) in [5.74, 6) is -0.378. The van der Waals surface area contributed by atoms with Gasteiger partial charge in [0, 0.05) is 32.3 Å².